The fourth-order valence-corrected chi connectivity index (χ4v) is 3.21. The average molecular weight is 402 g/mol. The van der Waals surface area contributed by atoms with Crippen molar-refractivity contribution in [3.05, 3.63) is 41.8 Å². The van der Waals surface area contributed by atoms with Gasteiger partial charge in [0.25, 0.3) is 0 Å². The molecule has 1 fully saturated rings. The van der Waals surface area contributed by atoms with Gasteiger partial charge in [-0.15, -0.1) is 0 Å². The van der Waals surface area contributed by atoms with Crippen LogP contribution in [-0.2, 0) is 20.7 Å². The highest BCUT2D eigenvalue weighted by molar-refractivity contribution is 7.91. The van der Waals surface area contributed by atoms with Gasteiger partial charge in [0.1, 0.15) is 18.1 Å². The molecule has 0 aromatic heterocycles. The zero-order chi connectivity index (χ0) is 20.5. The van der Waals surface area contributed by atoms with Gasteiger partial charge in [0, 0.05) is 36.4 Å². The number of hydrogen-bond donors (Lipinski definition) is 0. The van der Waals surface area contributed by atoms with Crippen LogP contribution in [0.5, 0.6) is 5.75 Å². The molecule has 0 N–H and O–H groups in total. The molecular weight excluding hydrogens is 374 g/mol. The summed E-state index contributed by atoms with van der Waals surface area (Å²) in [5, 5.41) is 0. The predicted molar refractivity (Wildman–Crippen MR) is 112 cm³/mol. The molecule has 1 aromatic carbocycles. The van der Waals surface area contributed by atoms with Crippen molar-refractivity contribution in [2.75, 3.05) is 26.5 Å². The number of allylic oxidation sites excluding steroid dienone is 3. The topological polar surface area (TPSA) is 61.8 Å². The third kappa shape index (κ3) is 6.66. The van der Waals surface area contributed by atoms with Crippen molar-refractivity contribution in [3.63, 3.8) is 0 Å². The Morgan fingerprint density at radius 2 is 2.18 bits per heavy atom. The quantitative estimate of drug-likeness (QED) is 0.209. The number of carbonyl (C=O) groups excluding carboxylic acids is 1. The molecule has 1 atom stereocenters. The van der Waals surface area contributed by atoms with Crippen molar-refractivity contribution in [1.82, 2.24) is 4.90 Å². The second-order valence-electron chi connectivity index (χ2n) is 6.49. The van der Waals surface area contributed by atoms with E-state index in [0.29, 0.717) is 40.1 Å². The summed E-state index contributed by atoms with van der Waals surface area (Å²) < 4.78 is 23.5. The fourth-order valence-electron chi connectivity index (χ4n) is 2.41. The molecule has 1 aliphatic rings. The first-order valence-corrected chi connectivity index (χ1v) is 10.6. The maximum atomic E-state index is 12.3. The third-order valence-electron chi connectivity index (χ3n) is 4.16. The summed E-state index contributed by atoms with van der Waals surface area (Å²) >= 11 is -1.11. The second kappa shape index (κ2) is 10.8. The van der Waals surface area contributed by atoms with E-state index in [0.717, 1.165) is 5.56 Å². The normalized spacial score (nSPS) is 15.3. The number of nitrogens with zero attached hydrogens (tertiary/aromatic N) is 1. The number of rotatable bonds is 9. The smallest absolute Gasteiger partial charge is 0.213 e. The summed E-state index contributed by atoms with van der Waals surface area (Å²) in [7, 11) is 3.24. The summed E-state index contributed by atoms with van der Waals surface area (Å²) in [6.07, 6.45) is 6.55. The molecule has 5 nitrogen and oxygen atoms in total. The molecule has 1 unspecified atom stereocenters. The minimum absolute atomic E-state index is 0.281. The van der Waals surface area contributed by atoms with Gasteiger partial charge in [-0.25, -0.2) is 0 Å². The van der Waals surface area contributed by atoms with Gasteiger partial charge in [-0.05, 0) is 56.1 Å². The van der Waals surface area contributed by atoms with Crippen molar-refractivity contribution in [2.24, 2.45) is 5.92 Å². The van der Waals surface area contributed by atoms with E-state index in [1.807, 2.05) is 32.1 Å². The Bertz CT molecular complexity index is 802. The van der Waals surface area contributed by atoms with Crippen LogP contribution in [0, 0.1) is 17.8 Å². The van der Waals surface area contributed by atoms with Crippen molar-refractivity contribution < 1.29 is 18.8 Å². The van der Waals surface area contributed by atoms with Gasteiger partial charge in [-0.1, -0.05) is 11.8 Å². The second-order valence-corrected chi connectivity index (χ2v) is 8.23. The van der Waals surface area contributed by atoms with Gasteiger partial charge in [0.15, 0.2) is 4.90 Å². The Morgan fingerprint density at radius 3 is 2.79 bits per heavy atom. The highest BCUT2D eigenvalue weighted by Crippen LogP contribution is 2.31. The van der Waals surface area contributed by atoms with Crippen molar-refractivity contribution in [1.29, 1.82) is 0 Å². The van der Waals surface area contributed by atoms with Gasteiger partial charge >= 0.3 is 0 Å². The first kappa shape index (κ1) is 21.9. The number of ether oxygens (including phenoxy) is 2. The highest BCUT2D eigenvalue weighted by atomic mass is 32.2. The van der Waals surface area contributed by atoms with Crippen LogP contribution >= 0.6 is 0 Å². The summed E-state index contributed by atoms with van der Waals surface area (Å²) in [6, 6.07) is 5.45. The number of hydrogen-bond acceptors (Lipinski definition) is 4. The summed E-state index contributed by atoms with van der Waals surface area (Å²) in [5.74, 6) is 8.56. The van der Waals surface area contributed by atoms with Crippen molar-refractivity contribution in [2.45, 2.75) is 31.6 Å². The van der Waals surface area contributed by atoms with Crippen LogP contribution < -0.4 is 4.74 Å². The number of methoxy groups -OCH3 is 1. The predicted octanol–water partition coefficient (Wildman–Crippen LogP) is 3.59. The maximum Gasteiger partial charge on any atom is 0.213 e. The van der Waals surface area contributed by atoms with Crippen LogP contribution in [0.3, 0.4) is 0 Å². The molecule has 1 aliphatic carbocycles. The lowest BCUT2D eigenvalue weighted by Gasteiger charge is -2.16. The van der Waals surface area contributed by atoms with Crippen LogP contribution in [0.15, 0.2) is 41.1 Å². The van der Waals surface area contributed by atoms with E-state index >= 15 is 0 Å². The molecule has 0 radical (unpaired) electrons. The van der Waals surface area contributed by atoms with Gasteiger partial charge in [0.05, 0.1) is 12.9 Å². The lowest BCUT2D eigenvalue weighted by atomic mass is 10.0. The van der Waals surface area contributed by atoms with Crippen LogP contribution in [0.2, 0.25) is 0 Å². The van der Waals surface area contributed by atoms with E-state index < -0.39 is 11.2 Å². The van der Waals surface area contributed by atoms with Crippen LogP contribution in [0.25, 0.3) is 5.57 Å². The molecule has 6 heteroatoms. The van der Waals surface area contributed by atoms with Gasteiger partial charge in [-0.2, -0.15) is 0 Å². The van der Waals surface area contributed by atoms with Gasteiger partial charge < -0.3 is 18.9 Å². The van der Waals surface area contributed by atoms with Crippen LogP contribution in [0.4, 0.5) is 0 Å². The van der Waals surface area contributed by atoms with Gasteiger partial charge in [-0.3, -0.25) is 4.79 Å². The molecule has 0 saturated heterocycles. The average Bonchev–Trinajstić information content (AvgIpc) is 3.54. The Kier molecular flexibility index (Phi) is 8.49. The molecule has 0 heterocycles. The lowest BCUT2D eigenvalue weighted by Crippen LogP contribution is -2.09. The summed E-state index contributed by atoms with van der Waals surface area (Å²) in [5.41, 5.74) is 1.45. The molecule has 1 aromatic rings. The highest BCUT2D eigenvalue weighted by Gasteiger charge is 2.18. The van der Waals surface area contributed by atoms with Gasteiger partial charge in [0.2, 0.25) is 6.41 Å². The fraction of sp³-hybridized carbons (Fsp3) is 0.409. The zero-order valence-corrected chi connectivity index (χ0v) is 17.7. The van der Waals surface area contributed by atoms with Crippen molar-refractivity contribution >= 4 is 23.2 Å². The standard InChI is InChI=1S/C22H27NO4S/c1-5-28(25)20-10-11-22(27-12-6-7-18-8-9-18)21(14-20)19(13-17(2)26-4)15-23(3)16-24/h10-11,13-16,18H,5,8-9,12H2,1-4H3/b17-13+,19-15+. The molecule has 28 heavy (non-hydrogen) atoms. The van der Waals surface area contributed by atoms with E-state index in [-0.39, 0.29) is 6.61 Å². The lowest BCUT2D eigenvalue weighted by molar-refractivity contribution is -0.114. The maximum absolute atomic E-state index is 12.3. The van der Waals surface area contributed by atoms with E-state index in [2.05, 4.69) is 11.8 Å². The van der Waals surface area contributed by atoms with E-state index in [1.165, 1.54) is 17.7 Å². The Balaban J connectivity index is 2.44. The number of carbonyl (C=O) groups is 1. The largest absolute Gasteiger partial charge is 0.611 e. The molecule has 150 valence electrons. The SMILES string of the molecule is CC[S+]([O-])c1ccc(OCC#CC2CC2)c(C(/C=C(\C)OC)=C/N(C)C=O)c1. The Labute approximate surface area is 170 Å². The number of amides is 1. The first-order chi connectivity index (χ1) is 13.5. The zero-order valence-electron chi connectivity index (χ0n) is 16.9. The Morgan fingerprint density at radius 1 is 1.43 bits per heavy atom. The van der Waals surface area contributed by atoms with E-state index in [1.54, 1.807) is 26.4 Å². The molecule has 0 spiro atoms. The molecule has 2 rings (SSSR count). The first-order valence-electron chi connectivity index (χ1n) is 9.23. The summed E-state index contributed by atoms with van der Waals surface area (Å²) in [6.45, 7) is 3.98. The van der Waals surface area contributed by atoms with E-state index in [4.69, 9.17) is 9.47 Å². The number of benzene rings is 1. The van der Waals surface area contributed by atoms with Crippen LogP contribution in [-0.4, -0.2) is 42.4 Å². The minimum atomic E-state index is -1.11. The molecule has 0 aliphatic heterocycles. The van der Waals surface area contributed by atoms with Crippen molar-refractivity contribution in [3.8, 4) is 17.6 Å². The third-order valence-corrected chi connectivity index (χ3v) is 5.46. The Hall–Kier alpha value is -2.36. The molecule has 1 amide bonds. The molecular formula is C22H27NO4S. The van der Waals surface area contributed by atoms with E-state index in [9.17, 15) is 9.35 Å². The molecule has 1 saturated carbocycles. The van der Waals surface area contributed by atoms with Crippen LogP contribution in [0.1, 0.15) is 32.3 Å². The summed E-state index contributed by atoms with van der Waals surface area (Å²) in [4.78, 5) is 13.3. The monoisotopic (exact) mass is 401 g/mol. The molecule has 0 bridgehead atoms. The minimum Gasteiger partial charge on any atom is -0.611 e.